The van der Waals surface area contributed by atoms with E-state index in [2.05, 4.69) is 30.4 Å². The molecular formula is C19H22N6OS. The van der Waals surface area contributed by atoms with E-state index in [4.69, 9.17) is 0 Å². The van der Waals surface area contributed by atoms with Crippen molar-refractivity contribution in [2.45, 2.75) is 26.3 Å². The molecule has 1 aliphatic rings. The van der Waals surface area contributed by atoms with Gasteiger partial charge >= 0.3 is 0 Å². The number of carbonyl (C=O) groups is 1. The van der Waals surface area contributed by atoms with E-state index in [0.29, 0.717) is 6.54 Å². The molecule has 140 valence electrons. The summed E-state index contributed by atoms with van der Waals surface area (Å²) in [7, 11) is 0. The fourth-order valence-electron chi connectivity index (χ4n) is 3.40. The Bertz CT molecular complexity index is 889. The molecule has 0 radical (unpaired) electrons. The van der Waals surface area contributed by atoms with Gasteiger partial charge in [0.2, 0.25) is 5.91 Å². The van der Waals surface area contributed by atoms with E-state index in [1.807, 2.05) is 42.1 Å². The molecule has 2 N–H and O–H groups in total. The normalized spacial score (nSPS) is 17.7. The summed E-state index contributed by atoms with van der Waals surface area (Å²) in [6, 6.07) is 7.85. The lowest BCUT2D eigenvalue weighted by Gasteiger charge is -2.31. The number of carbonyl (C=O) groups excluding carboxylic acids is 1. The zero-order valence-corrected chi connectivity index (χ0v) is 16.0. The quantitative estimate of drug-likeness (QED) is 0.708. The van der Waals surface area contributed by atoms with Crippen LogP contribution in [0.25, 0.3) is 11.3 Å². The van der Waals surface area contributed by atoms with Crippen LogP contribution in [0.15, 0.2) is 35.2 Å². The topological polar surface area (TPSA) is 86.8 Å². The number of piperidine rings is 1. The van der Waals surface area contributed by atoms with Crippen molar-refractivity contribution in [3.8, 4) is 11.3 Å². The molecule has 4 rings (SSSR count). The molecule has 1 fully saturated rings. The minimum absolute atomic E-state index is 0.0167. The van der Waals surface area contributed by atoms with Crippen molar-refractivity contribution in [2.24, 2.45) is 5.92 Å². The summed E-state index contributed by atoms with van der Waals surface area (Å²) in [5.74, 6) is 1.66. The number of rotatable bonds is 5. The summed E-state index contributed by atoms with van der Waals surface area (Å²) >= 11 is 1.57. The van der Waals surface area contributed by atoms with Gasteiger partial charge in [0, 0.05) is 23.2 Å². The number of likely N-dealkylation sites (tertiary alicyclic amines) is 1. The first kappa shape index (κ1) is 17.8. The monoisotopic (exact) mass is 382 g/mol. The number of aromatic nitrogens is 4. The van der Waals surface area contributed by atoms with Crippen LogP contribution < -0.4 is 5.32 Å². The number of nitrogens with zero attached hydrogens (tertiary/aromatic N) is 4. The minimum atomic E-state index is -0.0167. The third-order valence-corrected chi connectivity index (χ3v) is 5.35. The summed E-state index contributed by atoms with van der Waals surface area (Å²) in [5, 5.41) is 12.1. The minimum Gasteiger partial charge on any atom is -0.326 e. The molecule has 3 heterocycles. The van der Waals surface area contributed by atoms with Crippen molar-refractivity contribution in [2.75, 3.05) is 18.4 Å². The molecule has 1 saturated heterocycles. The highest BCUT2D eigenvalue weighted by atomic mass is 32.1. The van der Waals surface area contributed by atoms with Gasteiger partial charge in [0.05, 0.1) is 23.7 Å². The number of thiazole rings is 1. The molecule has 2 aromatic heterocycles. The molecule has 27 heavy (non-hydrogen) atoms. The number of anilines is 1. The third-order valence-electron chi connectivity index (χ3n) is 4.77. The van der Waals surface area contributed by atoms with Crippen LogP contribution in [0.5, 0.6) is 0 Å². The second kappa shape index (κ2) is 7.98. The zero-order valence-electron chi connectivity index (χ0n) is 15.2. The van der Waals surface area contributed by atoms with Gasteiger partial charge in [0.25, 0.3) is 0 Å². The largest absolute Gasteiger partial charge is 0.326 e. The summed E-state index contributed by atoms with van der Waals surface area (Å²) in [5.41, 5.74) is 4.66. The maximum absolute atomic E-state index is 12.7. The van der Waals surface area contributed by atoms with Crippen LogP contribution in [-0.2, 0) is 11.3 Å². The molecule has 1 aliphatic heterocycles. The molecule has 3 aromatic rings. The van der Waals surface area contributed by atoms with Crippen molar-refractivity contribution in [1.82, 2.24) is 25.1 Å². The van der Waals surface area contributed by atoms with Crippen molar-refractivity contribution in [3.05, 3.63) is 46.8 Å². The predicted molar refractivity (Wildman–Crippen MR) is 105 cm³/mol. The lowest BCUT2D eigenvalue weighted by molar-refractivity contribution is -0.121. The lowest BCUT2D eigenvalue weighted by Crippen LogP contribution is -2.40. The zero-order chi connectivity index (χ0) is 18.6. The molecule has 1 amide bonds. The summed E-state index contributed by atoms with van der Waals surface area (Å²) in [4.78, 5) is 23.6. The van der Waals surface area contributed by atoms with E-state index in [9.17, 15) is 4.79 Å². The molecule has 1 atom stereocenters. The highest BCUT2D eigenvalue weighted by molar-refractivity contribution is 7.07. The number of hydrogen-bond donors (Lipinski definition) is 2. The summed E-state index contributed by atoms with van der Waals surface area (Å²) in [6.07, 6.45) is 1.91. The first-order valence-corrected chi connectivity index (χ1v) is 10.0. The number of nitrogens with one attached hydrogen (secondary N) is 2. The van der Waals surface area contributed by atoms with Crippen LogP contribution in [0.3, 0.4) is 0 Å². The molecule has 0 saturated carbocycles. The first-order chi connectivity index (χ1) is 13.2. The van der Waals surface area contributed by atoms with Crippen LogP contribution in [0.2, 0.25) is 0 Å². The van der Waals surface area contributed by atoms with Gasteiger partial charge in [-0.3, -0.25) is 14.8 Å². The van der Waals surface area contributed by atoms with Crippen molar-refractivity contribution in [3.63, 3.8) is 0 Å². The molecule has 8 heteroatoms. The number of aromatic amines is 1. The van der Waals surface area contributed by atoms with Crippen LogP contribution in [0.4, 0.5) is 5.69 Å². The number of amides is 1. The van der Waals surface area contributed by atoms with Gasteiger partial charge in [0.1, 0.15) is 5.82 Å². The van der Waals surface area contributed by atoms with E-state index in [-0.39, 0.29) is 11.8 Å². The molecular weight excluding hydrogens is 360 g/mol. The van der Waals surface area contributed by atoms with Crippen LogP contribution >= 0.6 is 11.3 Å². The van der Waals surface area contributed by atoms with Gasteiger partial charge in [-0.1, -0.05) is 12.1 Å². The molecule has 0 unspecified atom stereocenters. The Morgan fingerprint density at radius 1 is 1.37 bits per heavy atom. The van der Waals surface area contributed by atoms with Crippen LogP contribution in [-0.4, -0.2) is 44.1 Å². The number of benzene rings is 1. The predicted octanol–water partition coefficient (Wildman–Crippen LogP) is 3.09. The van der Waals surface area contributed by atoms with Crippen LogP contribution in [0, 0.1) is 12.8 Å². The second-order valence-corrected chi connectivity index (χ2v) is 7.57. The number of hydrogen-bond acceptors (Lipinski definition) is 6. The maximum atomic E-state index is 12.7. The van der Waals surface area contributed by atoms with Gasteiger partial charge in [-0.05, 0) is 38.4 Å². The Morgan fingerprint density at radius 3 is 2.93 bits per heavy atom. The molecule has 0 aliphatic carbocycles. The highest BCUT2D eigenvalue weighted by Crippen LogP contribution is 2.23. The van der Waals surface area contributed by atoms with Gasteiger partial charge in [-0.25, -0.2) is 9.97 Å². The Hall–Kier alpha value is -2.58. The third kappa shape index (κ3) is 4.40. The smallest absolute Gasteiger partial charge is 0.228 e. The van der Waals surface area contributed by atoms with E-state index < -0.39 is 0 Å². The fraction of sp³-hybridized carbons (Fsp3) is 0.368. The number of H-pyrrole nitrogens is 1. The fourth-order valence-corrected chi connectivity index (χ4v) is 3.96. The van der Waals surface area contributed by atoms with E-state index in [1.54, 1.807) is 11.3 Å². The Morgan fingerprint density at radius 2 is 2.22 bits per heavy atom. The number of aryl methyl sites for hydroxylation is 1. The first-order valence-electron chi connectivity index (χ1n) is 9.07. The lowest BCUT2D eigenvalue weighted by atomic mass is 9.97. The second-order valence-electron chi connectivity index (χ2n) is 6.85. The molecule has 7 nitrogen and oxygen atoms in total. The van der Waals surface area contributed by atoms with E-state index >= 15 is 0 Å². The average Bonchev–Trinajstić information content (AvgIpc) is 3.35. The van der Waals surface area contributed by atoms with Crippen molar-refractivity contribution < 1.29 is 4.79 Å². The van der Waals surface area contributed by atoms with E-state index in [1.165, 1.54) is 0 Å². The standard InChI is InChI=1S/C19H22N6OS/c1-13-21-18(24-23-13)10-25-8-2-3-15(9-25)19(26)22-16-6-4-14(5-7-16)17-11-27-12-20-17/h4-7,11-12,15H,2-3,8-10H2,1H3,(H,22,26)(H,21,23,24)/t15-/m0/s1. The van der Waals surface area contributed by atoms with Gasteiger partial charge < -0.3 is 5.32 Å². The van der Waals surface area contributed by atoms with Crippen molar-refractivity contribution >= 4 is 22.9 Å². The summed E-state index contributed by atoms with van der Waals surface area (Å²) in [6.45, 7) is 4.27. The molecule has 0 spiro atoms. The summed E-state index contributed by atoms with van der Waals surface area (Å²) < 4.78 is 0. The molecule has 0 bridgehead atoms. The highest BCUT2D eigenvalue weighted by Gasteiger charge is 2.26. The Kier molecular flexibility index (Phi) is 5.26. The Labute approximate surface area is 161 Å². The maximum Gasteiger partial charge on any atom is 0.228 e. The van der Waals surface area contributed by atoms with Crippen LogP contribution in [0.1, 0.15) is 24.5 Å². The van der Waals surface area contributed by atoms with Gasteiger partial charge in [-0.15, -0.1) is 11.3 Å². The Balaban J connectivity index is 1.34. The van der Waals surface area contributed by atoms with Gasteiger partial charge in [0.15, 0.2) is 5.82 Å². The SMILES string of the molecule is Cc1nc(CN2CCC[C@H](C(=O)Nc3ccc(-c4cscn4)cc3)C2)n[nH]1. The van der Waals surface area contributed by atoms with Gasteiger partial charge in [-0.2, -0.15) is 5.10 Å². The average molecular weight is 382 g/mol. The van der Waals surface area contributed by atoms with Crippen molar-refractivity contribution in [1.29, 1.82) is 0 Å². The molecule has 1 aromatic carbocycles. The van der Waals surface area contributed by atoms with E-state index in [0.717, 1.165) is 54.5 Å².